The zero-order chi connectivity index (χ0) is 26.9. The first kappa shape index (κ1) is 25.0. The third-order valence-electron chi connectivity index (χ3n) is 6.20. The Kier molecular flexibility index (Phi) is 6.59. The second-order valence-electron chi connectivity index (χ2n) is 10.2. The lowest BCUT2D eigenvalue weighted by atomic mass is 9.95. The maximum atomic E-state index is 14.0. The van der Waals surface area contributed by atoms with Gasteiger partial charge < -0.3 is 15.0 Å². The molecule has 1 aromatic heterocycles. The fourth-order valence-electron chi connectivity index (χ4n) is 4.60. The van der Waals surface area contributed by atoms with Crippen molar-refractivity contribution in [1.82, 2.24) is 10.3 Å². The average Bonchev–Trinajstić information content (AvgIpc) is 3.29. The predicted octanol–water partition coefficient (Wildman–Crippen LogP) is 5.09. The van der Waals surface area contributed by atoms with Gasteiger partial charge >= 0.3 is 5.97 Å². The summed E-state index contributed by atoms with van der Waals surface area (Å²) < 4.78 is 5.53. The zero-order valence-corrected chi connectivity index (χ0v) is 21.5. The van der Waals surface area contributed by atoms with Gasteiger partial charge in [-0.1, -0.05) is 66.7 Å². The first-order valence-corrected chi connectivity index (χ1v) is 12.5. The smallest absolute Gasteiger partial charge is 0.326 e. The van der Waals surface area contributed by atoms with E-state index in [1.165, 1.54) is 4.90 Å². The van der Waals surface area contributed by atoms with Crippen LogP contribution in [0, 0.1) is 0 Å². The lowest BCUT2D eigenvalue weighted by molar-refractivity contribution is -0.153. The Morgan fingerprint density at radius 2 is 1.63 bits per heavy atom. The Morgan fingerprint density at radius 3 is 2.37 bits per heavy atom. The fourth-order valence-corrected chi connectivity index (χ4v) is 4.60. The van der Waals surface area contributed by atoms with Gasteiger partial charge in [-0.3, -0.25) is 19.3 Å². The average molecular weight is 508 g/mol. The predicted molar refractivity (Wildman–Crippen MR) is 148 cm³/mol. The Labute approximate surface area is 221 Å². The van der Waals surface area contributed by atoms with Crippen molar-refractivity contribution in [3.8, 4) is 0 Å². The first-order chi connectivity index (χ1) is 18.2. The van der Waals surface area contributed by atoms with Gasteiger partial charge in [-0.05, 0) is 56.2 Å². The van der Waals surface area contributed by atoms with Gasteiger partial charge in [0.25, 0.3) is 11.8 Å². The van der Waals surface area contributed by atoms with Gasteiger partial charge in [-0.25, -0.2) is 0 Å². The van der Waals surface area contributed by atoms with E-state index < -0.39 is 29.4 Å². The number of nitrogens with zero attached hydrogens (tertiary/aromatic N) is 1. The number of rotatable bonds is 5. The third kappa shape index (κ3) is 5.22. The van der Waals surface area contributed by atoms with Crippen LogP contribution < -0.4 is 10.2 Å². The molecule has 192 valence electrons. The molecule has 1 aliphatic rings. The number of fused-ring (bicyclic) bond motifs is 2. The van der Waals surface area contributed by atoms with E-state index in [0.29, 0.717) is 11.4 Å². The number of aromatic amines is 1. The number of para-hydroxylation sites is 2. The molecule has 5 rings (SSSR count). The van der Waals surface area contributed by atoms with Crippen LogP contribution in [0.25, 0.3) is 16.5 Å². The van der Waals surface area contributed by atoms with Crippen LogP contribution in [-0.4, -0.2) is 41.0 Å². The second-order valence-corrected chi connectivity index (χ2v) is 10.2. The molecule has 2 N–H and O–H groups in total. The summed E-state index contributed by atoms with van der Waals surface area (Å²) in [7, 11) is 0. The van der Waals surface area contributed by atoms with E-state index >= 15 is 0 Å². The topological polar surface area (TPSA) is 91.5 Å². The van der Waals surface area contributed by atoms with Gasteiger partial charge in [-0.2, -0.15) is 0 Å². The molecule has 7 heteroatoms. The molecule has 4 aromatic rings. The number of anilines is 1. The summed E-state index contributed by atoms with van der Waals surface area (Å²) in [5, 5.41) is 3.77. The van der Waals surface area contributed by atoms with Crippen molar-refractivity contribution in [2.45, 2.75) is 32.4 Å². The molecule has 0 saturated carbocycles. The van der Waals surface area contributed by atoms with Gasteiger partial charge in [0, 0.05) is 16.5 Å². The fraction of sp³-hybridized carbons (Fsp3) is 0.194. The molecule has 0 bridgehead atoms. The van der Waals surface area contributed by atoms with Crippen LogP contribution in [0.2, 0.25) is 0 Å². The summed E-state index contributed by atoms with van der Waals surface area (Å²) in [6.45, 7) is 5.05. The molecule has 0 radical (unpaired) electrons. The molecular formula is C31H29N3O4. The van der Waals surface area contributed by atoms with Crippen molar-refractivity contribution in [2.75, 3.05) is 11.4 Å². The molecule has 3 aromatic carbocycles. The van der Waals surface area contributed by atoms with Crippen molar-refractivity contribution < 1.29 is 19.1 Å². The molecular weight excluding hydrogens is 478 g/mol. The lowest BCUT2D eigenvalue weighted by Crippen LogP contribution is -2.49. The lowest BCUT2D eigenvalue weighted by Gasteiger charge is -2.27. The largest absolute Gasteiger partial charge is 0.459 e. The van der Waals surface area contributed by atoms with Crippen LogP contribution in [0.1, 0.15) is 42.4 Å². The molecule has 1 atom stereocenters. The molecule has 1 aliphatic heterocycles. The van der Waals surface area contributed by atoms with E-state index in [9.17, 15) is 14.4 Å². The number of hydrogen-bond donors (Lipinski definition) is 2. The molecule has 2 heterocycles. The van der Waals surface area contributed by atoms with Crippen molar-refractivity contribution >= 4 is 39.9 Å². The monoisotopic (exact) mass is 507 g/mol. The number of ether oxygens (including phenoxy) is 1. The van der Waals surface area contributed by atoms with E-state index in [1.807, 2.05) is 72.8 Å². The van der Waals surface area contributed by atoms with Crippen LogP contribution in [0.5, 0.6) is 0 Å². The van der Waals surface area contributed by atoms with E-state index in [1.54, 1.807) is 39.0 Å². The second kappa shape index (κ2) is 10.0. The van der Waals surface area contributed by atoms with E-state index in [4.69, 9.17) is 4.74 Å². The highest BCUT2D eigenvalue weighted by molar-refractivity contribution is 6.10. The van der Waals surface area contributed by atoms with E-state index in [2.05, 4.69) is 10.3 Å². The molecule has 38 heavy (non-hydrogen) atoms. The molecule has 2 amide bonds. The molecule has 7 nitrogen and oxygen atoms in total. The Bertz CT molecular complexity index is 1510. The van der Waals surface area contributed by atoms with Gasteiger partial charge in [0.2, 0.25) is 0 Å². The summed E-state index contributed by atoms with van der Waals surface area (Å²) in [5.74, 6) is -1.39. The van der Waals surface area contributed by atoms with E-state index in [-0.39, 0.29) is 6.54 Å². The highest BCUT2D eigenvalue weighted by Crippen LogP contribution is 2.35. The maximum absolute atomic E-state index is 14.0. The number of aromatic nitrogens is 1. The van der Waals surface area contributed by atoms with Crippen molar-refractivity contribution in [1.29, 1.82) is 0 Å². The quantitative estimate of drug-likeness (QED) is 0.368. The number of carbonyl (C=O) groups is 3. The van der Waals surface area contributed by atoms with Gasteiger partial charge in [-0.15, -0.1) is 0 Å². The summed E-state index contributed by atoms with van der Waals surface area (Å²) >= 11 is 0. The molecule has 0 spiro atoms. The van der Waals surface area contributed by atoms with Crippen molar-refractivity contribution in [2.24, 2.45) is 0 Å². The number of carbonyl (C=O) groups excluding carboxylic acids is 3. The number of nitrogens with one attached hydrogen (secondary N) is 2. The summed E-state index contributed by atoms with van der Waals surface area (Å²) in [6.07, 6.45) is 1.76. The van der Waals surface area contributed by atoms with Crippen molar-refractivity contribution in [3.05, 3.63) is 108 Å². The highest BCUT2D eigenvalue weighted by atomic mass is 16.6. The van der Waals surface area contributed by atoms with Crippen LogP contribution in [-0.2, 0) is 14.3 Å². The Morgan fingerprint density at radius 1 is 0.947 bits per heavy atom. The SMILES string of the molecule is CC(C)(C)OC(=O)CN1C(=O)C(NC(=O)c2cc3ccccc3[nH]2)C=C(c2ccccc2)c2ccccc21. The molecule has 0 aliphatic carbocycles. The van der Waals surface area contributed by atoms with Gasteiger partial charge in [0.05, 0.1) is 5.69 Å². The number of H-pyrrole nitrogens is 1. The van der Waals surface area contributed by atoms with Crippen LogP contribution in [0.4, 0.5) is 5.69 Å². The van der Waals surface area contributed by atoms with Gasteiger partial charge in [0.1, 0.15) is 23.9 Å². The number of esters is 1. The van der Waals surface area contributed by atoms with Crippen LogP contribution in [0.15, 0.2) is 91.0 Å². The number of amides is 2. The third-order valence-corrected chi connectivity index (χ3v) is 6.20. The minimum Gasteiger partial charge on any atom is -0.459 e. The zero-order valence-electron chi connectivity index (χ0n) is 21.5. The van der Waals surface area contributed by atoms with Crippen LogP contribution >= 0.6 is 0 Å². The Hall–Kier alpha value is -4.65. The maximum Gasteiger partial charge on any atom is 0.326 e. The normalized spacial score (nSPS) is 15.4. The van der Waals surface area contributed by atoms with Crippen LogP contribution in [0.3, 0.4) is 0 Å². The standard InChI is InChI=1S/C31H29N3O4/c1-31(2,3)38-28(35)19-34-27-16-10-8-14-22(27)23(20-11-5-4-6-12-20)18-26(30(34)37)33-29(36)25-17-21-13-7-9-15-24(21)32-25/h4-18,26,32H,19H2,1-3H3,(H,33,36). The number of benzene rings is 3. The minimum absolute atomic E-state index is 0.290. The Balaban J connectivity index is 1.56. The summed E-state index contributed by atoms with van der Waals surface area (Å²) in [6, 6.07) is 25.4. The summed E-state index contributed by atoms with van der Waals surface area (Å²) in [4.78, 5) is 44.7. The highest BCUT2D eigenvalue weighted by Gasteiger charge is 2.34. The first-order valence-electron chi connectivity index (χ1n) is 12.5. The molecule has 0 saturated heterocycles. The number of hydrogen-bond acceptors (Lipinski definition) is 4. The summed E-state index contributed by atoms with van der Waals surface area (Å²) in [5.41, 5.74) is 3.47. The van der Waals surface area contributed by atoms with Gasteiger partial charge in [0.15, 0.2) is 0 Å². The minimum atomic E-state index is -1.03. The molecule has 1 unspecified atom stereocenters. The molecule has 0 fully saturated rings. The van der Waals surface area contributed by atoms with E-state index in [0.717, 1.165) is 27.6 Å². The van der Waals surface area contributed by atoms with Crippen molar-refractivity contribution in [3.63, 3.8) is 0 Å².